The molecule has 3 N–H and O–H groups in total. The molecule has 0 aliphatic heterocycles. The number of nitrogens with two attached hydrogens (primary N) is 1. The van der Waals surface area contributed by atoms with Gasteiger partial charge in [0, 0.05) is 5.69 Å². The second kappa shape index (κ2) is 5.39. The van der Waals surface area contributed by atoms with Crippen LogP contribution in [0.2, 0.25) is 0 Å². The first-order valence-corrected chi connectivity index (χ1v) is 5.61. The first-order chi connectivity index (χ1) is 9.11. The number of carbonyl (C=O) groups excluding carboxylic acids is 1. The Bertz CT molecular complexity index is 614. The van der Waals surface area contributed by atoms with E-state index in [0.717, 1.165) is 6.07 Å². The summed E-state index contributed by atoms with van der Waals surface area (Å²) >= 11 is 0. The number of para-hydroxylation sites is 2. The summed E-state index contributed by atoms with van der Waals surface area (Å²) in [5.74, 6) is -0.707. The molecular formula is C14H13FN2O2. The number of nitrogens with one attached hydrogen (secondary N) is 1. The molecule has 0 spiro atoms. The second-order valence-corrected chi connectivity index (χ2v) is 3.89. The standard InChI is InChI=1S/C14H13FN2O2/c1-19-13-5-3-2-4-12(13)17-14(18)10-7-6-9(16)8-11(10)15/h2-8H,16H2,1H3,(H,17,18). The van der Waals surface area contributed by atoms with Crippen LogP contribution in [0.1, 0.15) is 10.4 Å². The van der Waals surface area contributed by atoms with Gasteiger partial charge in [-0.05, 0) is 30.3 Å². The average molecular weight is 260 g/mol. The van der Waals surface area contributed by atoms with Crippen LogP contribution in [-0.2, 0) is 0 Å². The molecule has 2 aromatic rings. The summed E-state index contributed by atoms with van der Waals surface area (Å²) in [5, 5.41) is 2.59. The van der Waals surface area contributed by atoms with Crippen LogP contribution in [0.4, 0.5) is 15.8 Å². The first-order valence-electron chi connectivity index (χ1n) is 5.61. The van der Waals surface area contributed by atoms with Gasteiger partial charge >= 0.3 is 0 Å². The van der Waals surface area contributed by atoms with Gasteiger partial charge in [0.05, 0.1) is 18.4 Å². The van der Waals surface area contributed by atoms with Gasteiger partial charge in [0.15, 0.2) is 0 Å². The fourth-order valence-corrected chi connectivity index (χ4v) is 1.65. The van der Waals surface area contributed by atoms with Crippen LogP contribution in [0.3, 0.4) is 0 Å². The Balaban J connectivity index is 2.26. The molecule has 1 amide bonds. The van der Waals surface area contributed by atoms with Gasteiger partial charge in [-0.1, -0.05) is 12.1 Å². The Labute approximate surface area is 110 Å². The molecule has 0 aliphatic rings. The monoisotopic (exact) mass is 260 g/mol. The summed E-state index contributed by atoms with van der Waals surface area (Å²) in [4.78, 5) is 12.0. The van der Waals surface area contributed by atoms with Crippen molar-refractivity contribution in [2.75, 3.05) is 18.2 Å². The summed E-state index contributed by atoms with van der Waals surface area (Å²) in [6.45, 7) is 0. The van der Waals surface area contributed by atoms with Crippen molar-refractivity contribution in [3.8, 4) is 5.75 Å². The number of hydrogen-bond donors (Lipinski definition) is 2. The van der Waals surface area contributed by atoms with Crippen molar-refractivity contribution in [2.24, 2.45) is 0 Å². The van der Waals surface area contributed by atoms with Crippen molar-refractivity contribution in [3.05, 3.63) is 53.8 Å². The second-order valence-electron chi connectivity index (χ2n) is 3.89. The fourth-order valence-electron chi connectivity index (χ4n) is 1.65. The summed E-state index contributed by atoms with van der Waals surface area (Å²) in [6, 6.07) is 10.8. The molecular weight excluding hydrogens is 247 g/mol. The van der Waals surface area contributed by atoms with Gasteiger partial charge in [-0.3, -0.25) is 4.79 Å². The molecule has 0 bridgehead atoms. The van der Waals surface area contributed by atoms with Crippen molar-refractivity contribution in [3.63, 3.8) is 0 Å². The third kappa shape index (κ3) is 2.82. The number of benzene rings is 2. The molecule has 5 heteroatoms. The molecule has 0 radical (unpaired) electrons. The predicted octanol–water partition coefficient (Wildman–Crippen LogP) is 2.67. The van der Waals surface area contributed by atoms with Gasteiger partial charge in [0.25, 0.3) is 5.91 Å². The van der Waals surface area contributed by atoms with E-state index in [-0.39, 0.29) is 11.3 Å². The van der Waals surface area contributed by atoms with Gasteiger partial charge in [-0.25, -0.2) is 4.39 Å². The summed E-state index contributed by atoms with van der Waals surface area (Å²) in [5.41, 5.74) is 6.11. The maximum Gasteiger partial charge on any atom is 0.258 e. The Morgan fingerprint density at radius 3 is 2.68 bits per heavy atom. The molecule has 0 saturated carbocycles. The third-order valence-electron chi connectivity index (χ3n) is 2.59. The van der Waals surface area contributed by atoms with Crippen LogP contribution in [0.25, 0.3) is 0 Å². The molecule has 98 valence electrons. The minimum atomic E-state index is -0.660. The van der Waals surface area contributed by atoms with Crippen LogP contribution >= 0.6 is 0 Å². The van der Waals surface area contributed by atoms with Crippen LogP contribution in [-0.4, -0.2) is 13.0 Å². The molecule has 19 heavy (non-hydrogen) atoms. The highest BCUT2D eigenvalue weighted by atomic mass is 19.1. The molecule has 0 fully saturated rings. The largest absolute Gasteiger partial charge is 0.495 e. The minimum absolute atomic E-state index is 0.0693. The van der Waals surface area contributed by atoms with E-state index in [1.54, 1.807) is 24.3 Å². The SMILES string of the molecule is COc1ccccc1NC(=O)c1ccc(N)cc1F. The van der Waals surface area contributed by atoms with Gasteiger partial charge < -0.3 is 15.8 Å². The summed E-state index contributed by atoms with van der Waals surface area (Å²) in [6.07, 6.45) is 0. The normalized spacial score (nSPS) is 10.0. The average Bonchev–Trinajstić information content (AvgIpc) is 2.39. The highest BCUT2D eigenvalue weighted by Gasteiger charge is 2.13. The number of methoxy groups -OCH3 is 1. The van der Waals surface area contributed by atoms with E-state index in [0.29, 0.717) is 11.4 Å². The third-order valence-corrected chi connectivity index (χ3v) is 2.59. The number of anilines is 2. The van der Waals surface area contributed by atoms with Gasteiger partial charge in [-0.2, -0.15) is 0 Å². The van der Waals surface area contributed by atoms with E-state index < -0.39 is 11.7 Å². The summed E-state index contributed by atoms with van der Waals surface area (Å²) in [7, 11) is 1.49. The predicted molar refractivity (Wildman–Crippen MR) is 71.8 cm³/mol. The highest BCUT2D eigenvalue weighted by molar-refractivity contribution is 6.05. The van der Waals surface area contributed by atoms with E-state index in [4.69, 9.17) is 10.5 Å². The Hall–Kier alpha value is -2.56. The molecule has 0 atom stereocenters. The number of carbonyl (C=O) groups is 1. The molecule has 0 heterocycles. The van der Waals surface area contributed by atoms with Gasteiger partial charge in [-0.15, -0.1) is 0 Å². The number of hydrogen-bond acceptors (Lipinski definition) is 3. The quantitative estimate of drug-likeness (QED) is 0.834. The van der Waals surface area contributed by atoms with E-state index in [9.17, 15) is 9.18 Å². The lowest BCUT2D eigenvalue weighted by molar-refractivity contribution is 0.102. The lowest BCUT2D eigenvalue weighted by atomic mass is 10.1. The maximum absolute atomic E-state index is 13.6. The number of rotatable bonds is 3. The molecule has 0 unspecified atom stereocenters. The van der Waals surface area contributed by atoms with Crippen molar-refractivity contribution in [2.45, 2.75) is 0 Å². The number of amides is 1. The highest BCUT2D eigenvalue weighted by Crippen LogP contribution is 2.24. The van der Waals surface area contributed by atoms with Crippen LogP contribution < -0.4 is 15.8 Å². The smallest absolute Gasteiger partial charge is 0.258 e. The minimum Gasteiger partial charge on any atom is -0.495 e. The number of halogens is 1. The zero-order valence-corrected chi connectivity index (χ0v) is 10.3. The molecule has 4 nitrogen and oxygen atoms in total. The molecule has 0 aliphatic carbocycles. The number of ether oxygens (including phenoxy) is 1. The van der Waals surface area contributed by atoms with Crippen molar-refractivity contribution >= 4 is 17.3 Å². The lowest BCUT2D eigenvalue weighted by Gasteiger charge is -2.10. The lowest BCUT2D eigenvalue weighted by Crippen LogP contribution is -2.14. The van der Waals surface area contributed by atoms with Crippen molar-refractivity contribution in [1.29, 1.82) is 0 Å². The zero-order valence-electron chi connectivity index (χ0n) is 10.3. The van der Waals surface area contributed by atoms with Crippen LogP contribution in [0, 0.1) is 5.82 Å². The van der Waals surface area contributed by atoms with Crippen LogP contribution in [0.15, 0.2) is 42.5 Å². The zero-order chi connectivity index (χ0) is 13.8. The van der Waals surface area contributed by atoms with Gasteiger partial charge in [0.2, 0.25) is 0 Å². The first kappa shape index (κ1) is 12.9. The van der Waals surface area contributed by atoms with E-state index in [1.807, 2.05) is 0 Å². The van der Waals surface area contributed by atoms with E-state index >= 15 is 0 Å². The topological polar surface area (TPSA) is 64.3 Å². The van der Waals surface area contributed by atoms with Crippen molar-refractivity contribution < 1.29 is 13.9 Å². The van der Waals surface area contributed by atoms with Gasteiger partial charge in [0.1, 0.15) is 11.6 Å². The molecule has 0 aromatic heterocycles. The summed E-state index contributed by atoms with van der Waals surface area (Å²) < 4.78 is 18.7. The molecule has 0 saturated heterocycles. The van der Waals surface area contributed by atoms with Crippen LogP contribution in [0.5, 0.6) is 5.75 Å². The van der Waals surface area contributed by atoms with Crippen molar-refractivity contribution in [1.82, 2.24) is 0 Å². The Morgan fingerprint density at radius 2 is 2.00 bits per heavy atom. The fraction of sp³-hybridized carbons (Fsp3) is 0.0714. The molecule has 2 aromatic carbocycles. The Morgan fingerprint density at radius 1 is 1.26 bits per heavy atom. The number of nitrogen functional groups attached to an aromatic ring is 1. The molecule has 2 rings (SSSR count). The maximum atomic E-state index is 13.6. The Kier molecular flexibility index (Phi) is 3.66. The van der Waals surface area contributed by atoms with E-state index in [1.165, 1.54) is 19.2 Å². The van der Waals surface area contributed by atoms with E-state index in [2.05, 4.69) is 5.32 Å².